The Hall–Kier alpha value is -4.01. The van der Waals surface area contributed by atoms with Crippen molar-refractivity contribution >= 4 is 23.7 Å². The number of allylic oxidation sites excluding steroid dienone is 1. The molecule has 174 valence electrons. The lowest BCUT2D eigenvalue weighted by molar-refractivity contribution is -0.143. The third kappa shape index (κ3) is 5.43. The average molecular weight is 455 g/mol. The first-order chi connectivity index (χ1) is 15.7. The molecular weight excluding hydrogens is 430 g/mol. The minimum Gasteiger partial charge on any atom is -0.497 e. The molecule has 2 aromatic carbocycles. The molecule has 0 saturated heterocycles. The summed E-state index contributed by atoms with van der Waals surface area (Å²) in [5, 5.41) is 11.6. The molecule has 3 rings (SSSR count). The Balaban J connectivity index is 1.72. The summed E-state index contributed by atoms with van der Waals surface area (Å²) in [6.07, 6.45) is 1.57. The third-order valence-corrected chi connectivity index (χ3v) is 4.98. The van der Waals surface area contributed by atoms with Crippen LogP contribution in [-0.2, 0) is 9.59 Å². The van der Waals surface area contributed by atoms with Crippen molar-refractivity contribution in [2.45, 2.75) is 19.9 Å². The van der Waals surface area contributed by atoms with Crippen LogP contribution in [0.3, 0.4) is 0 Å². The number of carboxylic acids is 1. The van der Waals surface area contributed by atoms with Crippen molar-refractivity contribution in [1.82, 2.24) is 5.32 Å². The lowest BCUT2D eigenvalue weighted by Crippen LogP contribution is -2.46. The molecule has 1 aliphatic heterocycles. The molecule has 0 aromatic heterocycles. The molecular formula is C24H25NO8. The fraction of sp³-hybridized carbons (Fsp3) is 0.292. The highest BCUT2D eigenvalue weighted by Gasteiger charge is 2.28. The van der Waals surface area contributed by atoms with Gasteiger partial charge in [0.25, 0.3) is 5.91 Å². The molecule has 0 radical (unpaired) electrons. The Labute approximate surface area is 190 Å². The molecule has 1 heterocycles. The Morgan fingerprint density at radius 2 is 1.82 bits per heavy atom. The van der Waals surface area contributed by atoms with Gasteiger partial charge in [0, 0.05) is 11.6 Å². The second-order valence-electron chi connectivity index (χ2n) is 7.62. The minimum absolute atomic E-state index is 0.104. The quantitative estimate of drug-likeness (QED) is 0.554. The highest BCUT2D eigenvalue weighted by atomic mass is 16.5. The number of hydrogen-bond acceptors (Lipinski definition) is 7. The predicted molar refractivity (Wildman–Crippen MR) is 119 cm³/mol. The van der Waals surface area contributed by atoms with Crippen LogP contribution in [0.1, 0.15) is 29.8 Å². The van der Waals surface area contributed by atoms with E-state index in [0.717, 1.165) is 0 Å². The second kappa shape index (κ2) is 10.1. The molecule has 2 N–H and O–H groups in total. The largest absolute Gasteiger partial charge is 0.497 e. The van der Waals surface area contributed by atoms with Gasteiger partial charge >= 0.3 is 5.97 Å². The Kier molecular flexibility index (Phi) is 7.22. The van der Waals surface area contributed by atoms with Crippen molar-refractivity contribution in [2.24, 2.45) is 5.92 Å². The molecule has 0 saturated carbocycles. The van der Waals surface area contributed by atoms with E-state index in [1.54, 1.807) is 50.3 Å². The van der Waals surface area contributed by atoms with Gasteiger partial charge in [-0.25, -0.2) is 4.79 Å². The van der Waals surface area contributed by atoms with E-state index in [4.69, 9.17) is 18.9 Å². The fourth-order valence-corrected chi connectivity index (χ4v) is 3.23. The summed E-state index contributed by atoms with van der Waals surface area (Å²) in [6.45, 7) is 3.01. The van der Waals surface area contributed by atoms with Gasteiger partial charge in [0.15, 0.2) is 12.4 Å². The number of ether oxygens (including phenoxy) is 4. The Bertz CT molecular complexity index is 1110. The predicted octanol–water partition coefficient (Wildman–Crippen LogP) is 2.92. The van der Waals surface area contributed by atoms with Crippen LogP contribution in [0, 0.1) is 5.92 Å². The van der Waals surface area contributed by atoms with Gasteiger partial charge in [-0.2, -0.15) is 0 Å². The van der Waals surface area contributed by atoms with Crippen LogP contribution in [0.2, 0.25) is 0 Å². The van der Waals surface area contributed by atoms with E-state index in [2.05, 4.69) is 5.32 Å². The van der Waals surface area contributed by atoms with E-state index in [1.807, 2.05) is 0 Å². The van der Waals surface area contributed by atoms with E-state index in [9.17, 15) is 19.5 Å². The fourth-order valence-electron chi connectivity index (χ4n) is 3.23. The van der Waals surface area contributed by atoms with Gasteiger partial charge in [-0.1, -0.05) is 13.8 Å². The molecule has 0 aliphatic carbocycles. The van der Waals surface area contributed by atoms with Gasteiger partial charge < -0.3 is 29.4 Å². The van der Waals surface area contributed by atoms with E-state index in [1.165, 1.54) is 20.3 Å². The summed E-state index contributed by atoms with van der Waals surface area (Å²) in [6, 6.07) is 8.77. The Morgan fingerprint density at radius 1 is 1.09 bits per heavy atom. The zero-order chi connectivity index (χ0) is 24.1. The molecule has 1 amide bonds. The standard InChI is InChI=1S/C24H25NO8/c1-13(2)22(24(28)29)25-21(26)12-32-16-5-7-17-19(11-16)33-20(23(17)27)10-14-9-15(30-3)6-8-18(14)31-4/h5-11,13,22H,12H2,1-4H3,(H,25,26)(H,28,29)/b20-10-/t22-/m1/s1. The highest BCUT2D eigenvalue weighted by Crippen LogP contribution is 2.36. The maximum Gasteiger partial charge on any atom is 0.326 e. The summed E-state index contributed by atoms with van der Waals surface area (Å²) in [7, 11) is 3.06. The first-order valence-electron chi connectivity index (χ1n) is 10.2. The van der Waals surface area contributed by atoms with Gasteiger partial charge in [-0.15, -0.1) is 0 Å². The molecule has 9 nitrogen and oxygen atoms in total. The molecule has 0 bridgehead atoms. The first-order valence-corrected chi connectivity index (χ1v) is 10.2. The van der Waals surface area contributed by atoms with Crippen LogP contribution < -0.4 is 24.3 Å². The van der Waals surface area contributed by atoms with Crippen LogP contribution >= 0.6 is 0 Å². The van der Waals surface area contributed by atoms with Gasteiger partial charge in [0.1, 0.15) is 29.0 Å². The number of Topliss-reactive ketones (excluding diaryl/α,β-unsaturated/α-hetero) is 1. The van der Waals surface area contributed by atoms with Crippen molar-refractivity contribution in [2.75, 3.05) is 20.8 Å². The number of ketones is 1. The van der Waals surface area contributed by atoms with Crippen LogP contribution in [0.15, 0.2) is 42.2 Å². The molecule has 0 spiro atoms. The number of amides is 1. The summed E-state index contributed by atoms with van der Waals surface area (Å²) in [4.78, 5) is 36.1. The van der Waals surface area contributed by atoms with E-state index in [-0.39, 0.29) is 29.8 Å². The monoisotopic (exact) mass is 455 g/mol. The number of nitrogens with one attached hydrogen (secondary N) is 1. The van der Waals surface area contributed by atoms with E-state index >= 15 is 0 Å². The van der Waals surface area contributed by atoms with Crippen LogP contribution in [0.25, 0.3) is 6.08 Å². The first kappa shape index (κ1) is 23.6. The third-order valence-electron chi connectivity index (χ3n) is 4.98. The second-order valence-corrected chi connectivity index (χ2v) is 7.62. The molecule has 1 aliphatic rings. The lowest BCUT2D eigenvalue weighted by atomic mass is 10.1. The number of benzene rings is 2. The molecule has 9 heteroatoms. The number of rotatable bonds is 9. The van der Waals surface area contributed by atoms with Crippen LogP contribution in [-0.4, -0.2) is 49.6 Å². The number of fused-ring (bicyclic) bond motifs is 1. The molecule has 0 fully saturated rings. The zero-order valence-electron chi connectivity index (χ0n) is 18.7. The number of methoxy groups -OCH3 is 2. The Morgan fingerprint density at radius 3 is 2.45 bits per heavy atom. The van der Waals surface area contributed by atoms with E-state index in [0.29, 0.717) is 28.4 Å². The van der Waals surface area contributed by atoms with Gasteiger partial charge in [0.05, 0.1) is 19.8 Å². The SMILES string of the molecule is COc1ccc(OC)c(/C=C2\Oc3cc(OCC(=O)N[C@@H](C(=O)O)C(C)C)ccc3C2=O)c1. The van der Waals surface area contributed by atoms with Crippen molar-refractivity contribution in [3.05, 3.63) is 53.3 Å². The molecule has 0 unspecified atom stereocenters. The van der Waals surface area contributed by atoms with Gasteiger partial charge in [-0.05, 0) is 42.3 Å². The van der Waals surface area contributed by atoms with Crippen LogP contribution in [0.5, 0.6) is 23.0 Å². The number of carboxylic acid groups (broad SMARTS) is 1. The minimum atomic E-state index is -1.12. The summed E-state index contributed by atoms with van der Waals surface area (Å²) in [5.41, 5.74) is 0.963. The summed E-state index contributed by atoms with van der Waals surface area (Å²) < 4.78 is 21.7. The molecule has 1 atom stereocenters. The normalized spacial score (nSPS) is 14.5. The number of aliphatic carboxylic acids is 1. The lowest BCUT2D eigenvalue weighted by Gasteiger charge is -2.18. The van der Waals surface area contributed by atoms with Crippen molar-refractivity contribution in [1.29, 1.82) is 0 Å². The average Bonchev–Trinajstić information content (AvgIpc) is 3.10. The maximum absolute atomic E-state index is 12.8. The number of carbonyl (C=O) groups excluding carboxylic acids is 2. The van der Waals surface area contributed by atoms with Crippen molar-refractivity contribution in [3.63, 3.8) is 0 Å². The molecule has 2 aromatic rings. The van der Waals surface area contributed by atoms with Crippen molar-refractivity contribution < 1.29 is 38.4 Å². The van der Waals surface area contributed by atoms with Gasteiger partial charge in [0.2, 0.25) is 5.78 Å². The van der Waals surface area contributed by atoms with Crippen molar-refractivity contribution in [3.8, 4) is 23.0 Å². The molecule has 33 heavy (non-hydrogen) atoms. The topological polar surface area (TPSA) is 120 Å². The number of carbonyl (C=O) groups is 3. The maximum atomic E-state index is 12.8. The zero-order valence-corrected chi connectivity index (χ0v) is 18.7. The summed E-state index contributed by atoms with van der Waals surface area (Å²) >= 11 is 0. The summed E-state index contributed by atoms with van der Waals surface area (Å²) in [5.74, 6) is -0.430. The smallest absolute Gasteiger partial charge is 0.326 e. The van der Waals surface area contributed by atoms with E-state index < -0.39 is 17.9 Å². The van der Waals surface area contributed by atoms with Crippen LogP contribution in [0.4, 0.5) is 0 Å². The number of hydrogen-bond donors (Lipinski definition) is 2. The highest BCUT2D eigenvalue weighted by molar-refractivity contribution is 6.14. The van der Waals surface area contributed by atoms with Gasteiger partial charge in [-0.3, -0.25) is 9.59 Å².